The van der Waals surface area contributed by atoms with Crippen LogP contribution in [0.4, 0.5) is 5.13 Å². The van der Waals surface area contributed by atoms with E-state index in [0.717, 1.165) is 27.9 Å². The molecule has 1 N–H and O–H groups in total. The summed E-state index contributed by atoms with van der Waals surface area (Å²) in [6, 6.07) is 7.52. The number of hydrogen-bond donors (Lipinski definition) is 1. The Balaban J connectivity index is 1.86. The van der Waals surface area contributed by atoms with Crippen LogP contribution in [0.1, 0.15) is 24.2 Å². The van der Waals surface area contributed by atoms with Gasteiger partial charge >= 0.3 is 0 Å². The van der Waals surface area contributed by atoms with Gasteiger partial charge in [-0.3, -0.25) is 4.79 Å². The van der Waals surface area contributed by atoms with Gasteiger partial charge in [0.2, 0.25) is 10.1 Å². The zero-order valence-corrected chi connectivity index (χ0v) is 15.1. The van der Waals surface area contributed by atoms with Gasteiger partial charge in [-0.15, -0.1) is 5.10 Å². The van der Waals surface area contributed by atoms with Crippen LogP contribution >= 0.6 is 11.3 Å². The Bertz CT molecular complexity index is 833. The van der Waals surface area contributed by atoms with Crippen LogP contribution < -0.4 is 5.32 Å². The van der Waals surface area contributed by atoms with Crippen molar-refractivity contribution in [2.75, 3.05) is 26.0 Å². The molecular formula is C17H21N5OS. The number of nitrogens with zero attached hydrogens (tertiary/aromatic N) is 4. The van der Waals surface area contributed by atoms with Crippen LogP contribution in [-0.4, -0.2) is 46.0 Å². The Morgan fingerprint density at radius 2 is 2.17 bits per heavy atom. The molecule has 2 aromatic heterocycles. The third-order valence-electron chi connectivity index (χ3n) is 3.52. The highest BCUT2D eigenvalue weighted by Gasteiger charge is 2.13. The second-order valence-electron chi connectivity index (χ2n) is 6.32. The van der Waals surface area contributed by atoms with Gasteiger partial charge in [-0.1, -0.05) is 37.3 Å². The van der Waals surface area contributed by atoms with Crippen molar-refractivity contribution in [3.05, 3.63) is 36.0 Å². The number of anilines is 1. The average Bonchev–Trinajstić information content (AvgIpc) is 3.10. The predicted octanol–water partition coefficient (Wildman–Crippen LogP) is 3.23. The summed E-state index contributed by atoms with van der Waals surface area (Å²) in [4.78, 5) is 19.1. The maximum absolute atomic E-state index is 12.1. The van der Waals surface area contributed by atoms with E-state index >= 15 is 0 Å². The Morgan fingerprint density at radius 3 is 2.83 bits per heavy atom. The molecule has 2 heterocycles. The first-order valence-corrected chi connectivity index (χ1v) is 8.68. The second-order valence-corrected chi connectivity index (χ2v) is 7.27. The number of nitrogens with one attached hydrogen (secondary N) is 1. The summed E-state index contributed by atoms with van der Waals surface area (Å²) >= 11 is 1.52. The van der Waals surface area contributed by atoms with Gasteiger partial charge < -0.3 is 10.2 Å². The van der Waals surface area contributed by atoms with Gasteiger partial charge in [0.25, 0.3) is 5.91 Å². The fourth-order valence-corrected chi connectivity index (χ4v) is 3.06. The van der Waals surface area contributed by atoms with Crippen LogP contribution in [0.5, 0.6) is 0 Å². The van der Waals surface area contributed by atoms with E-state index in [1.54, 1.807) is 23.5 Å². The molecule has 0 aliphatic carbocycles. The summed E-state index contributed by atoms with van der Waals surface area (Å²) in [5, 5.41) is 8.68. The molecule has 0 aliphatic rings. The highest BCUT2D eigenvalue weighted by Crippen LogP contribution is 2.25. The number of imidazole rings is 1. The lowest BCUT2D eigenvalue weighted by molar-refractivity contribution is 0.0827. The molecule has 1 aromatic carbocycles. The Labute approximate surface area is 145 Å². The summed E-state index contributed by atoms with van der Waals surface area (Å²) in [6.45, 7) is 5.20. The normalized spacial score (nSPS) is 11.2. The van der Waals surface area contributed by atoms with Gasteiger partial charge in [-0.2, -0.15) is 0 Å². The SMILES string of the molecule is CC(C)CNc1nn2cc(-c3cccc(C(=O)N(C)C)c3)nc2s1. The van der Waals surface area contributed by atoms with Crippen LogP contribution in [0.2, 0.25) is 0 Å². The van der Waals surface area contributed by atoms with E-state index in [4.69, 9.17) is 0 Å². The molecule has 3 aromatic rings. The van der Waals surface area contributed by atoms with Crippen molar-refractivity contribution in [2.24, 2.45) is 5.92 Å². The minimum Gasteiger partial charge on any atom is -0.360 e. The van der Waals surface area contributed by atoms with Gasteiger partial charge in [-0.05, 0) is 18.1 Å². The van der Waals surface area contributed by atoms with Crippen molar-refractivity contribution in [3.8, 4) is 11.3 Å². The number of amides is 1. The van der Waals surface area contributed by atoms with Crippen molar-refractivity contribution < 1.29 is 4.79 Å². The summed E-state index contributed by atoms with van der Waals surface area (Å²) in [5.74, 6) is 0.546. The molecular weight excluding hydrogens is 322 g/mol. The predicted molar refractivity (Wildman–Crippen MR) is 97.6 cm³/mol. The lowest BCUT2D eigenvalue weighted by atomic mass is 10.1. The molecule has 3 rings (SSSR count). The van der Waals surface area contributed by atoms with Crippen molar-refractivity contribution in [2.45, 2.75) is 13.8 Å². The molecule has 0 saturated heterocycles. The maximum Gasteiger partial charge on any atom is 0.253 e. The third-order valence-corrected chi connectivity index (χ3v) is 4.40. The van der Waals surface area contributed by atoms with Crippen LogP contribution in [0.25, 0.3) is 16.2 Å². The number of fused-ring (bicyclic) bond motifs is 1. The first-order chi connectivity index (χ1) is 11.4. The molecule has 0 radical (unpaired) electrons. The lowest BCUT2D eigenvalue weighted by Gasteiger charge is -2.10. The second kappa shape index (κ2) is 6.60. The Morgan fingerprint density at radius 1 is 1.38 bits per heavy atom. The highest BCUT2D eigenvalue weighted by molar-refractivity contribution is 7.20. The molecule has 7 heteroatoms. The van der Waals surface area contributed by atoms with Crippen LogP contribution in [0, 0.1) is 5.92 Å². The van der Waals surface area contributed by atoms with Crippen LogP contribution in [-0.2, 0) is 0 Å². The molecule has 0 aliphatic heterocycles. The Hall–Kier alpha value is -2.41. The lowest BCUT2D eigenvalue weighted by Crippen LogP contribution is -2.21. The fourth-order valence-electron chi connectivity index (χ4n) is 2.27. The third kappa shape index (κ3) is 3.41. The molecule has 0 spiro atoms. The minimum atomic E-state index is -0.0174. The zero-order valence-electron chi connectivity index (χ0n) is 14.3. The van der Waals surface area contributed by atoms with E-state index in [1.165, 1.54) is 11.3 Å². The molecule has 24 heavy (non-hydrogen) atoms. The van der Waals surface area contributed by atoms with E-state index in [9.17, 15) is 4.79 Å². The summed E-state index contributed by atoms with van der Waals surface area (Å²) < 4.78 is 1.78. The zero-order chi connectivity index (χ0) is 17.3. The highest BCUT2D eigenvalue weighted by atomic mass is 32.1. The van der Waals surface area contributed by atoms with E-state index < -0.39 is 0 Å². The first-order valence-electron chi connectivity index (χ1n) is 7.86. The van der Waals surface area contributed by atoms with Gasteiger partial charge in [-0.25, -0.2) is 9.50 Å². The van der Waals surface area contributed by atoms with Crippen LogP contribution in [0.15, 0.2) is 30.5 Å². The van der Waals surface area contributed by atoms with E-state index in [0.29, 0.717) is 11.5 Å². The van der Waals surface area contributed by atoms with E-state index in [-0.39, 0.29) is 5.91 Å². The van der Waals surface area contributed by atoms with Crippen LogP contribution in [0.3, 0.4) is 0 Å². The number of benzene rings is 1. The minimum absolute atomic E-state index is 0.0174. The molecule has 0 atom stereocenters. The van der Waals surface area contributed by atoms with Crippen molar-refractivity contribution in [1.29, 1.82) is 0 Å². The number of hydrogen-bond acceptors (Lipinski definition) is 5. The standard InChI is InChI=1S/C17H21N5OS/c1-11(2)9-18-16-20-22-10-14(19-17(22)24-16)12-6-5-7-13(8-12)15(23)21(3)4/h5-8,10-11H,9H2,1-4H3,(H,18,20). The van der Waals surface area contributed by atoms with Gasteiger partial charge in [0.1, 0.15) is 0 Å². The topological polar surface area (TPSA) is 62.5 Å². The Kier molecular flexibility index (Phi) is 4.53. The molecule has 0 unspecified atom stereocenters. The number of rotatable bonds is 5. The molecule has 0 saturated carbocycles. The van der Waals surface area contributed by atoms with Crippen molar-refractivity contribution in [3.63, 3.8) is 0 Å². The monoisotopic (exact) mass is 343 g/mol. The van der Waals surface area contributed by atoms with E-state index in [2.05, 4.69) is 29.2 Å². The largest absolute Gasteiger partial charge is 0.360 e. The molecule has 1 amide bonds. The maximum atomic E-state index is 12.1. The van der Waals surface area contributed by atoms with Crippen molar-refractivity contribution in [1.82, 2.24) is 19.5 Å². The first kappa shape index (κ1) is 16.4. The van der Waals surface area contributed by atoms with Crippen molar-refractivity contribution >= 4 is 27.3 Å². The van der Waals surface area contributed by atoms with Gasteiger partial charge in [0.15, 0.2) is 0 Å². The van der Waals surface area contributed by atoms with Gasteiger partial charge in [0, 0.05) is 31.8 Å². The molecule has 126 valence electrons. The number of carbonyl (C=O) groups excluding carboxylic acids is 1. The molecule has 6 nitrogen and oxygen atoms in total. The molecule has 0 bridgehead atoms. The fraction of sp³-hybridized carbons (Fsp3) is 0.353. The number of carbonyl (C=O) groups is 1. The smallest absolute Gasteiger partial charge is 0.253 e. The quantitative estimate of drug-likeness (QED) is 0.772. The summed E-state index contributed by atoms with van der Waals surface area (Å²) in [6.07, 6.45) is 1.89. The average molecular weight is 343 g/mol. The van der Waals surface area contributed by atoms with E-state index in [1.807, 2.05) is 30.5 Å². The van der Waals surface area contributed by atoms with Gasteiger partial charge in [0.05, 0.1) is 11.9 Å². The summed E-state index contributed by atoms with van der Waals surface area (Å²) in [5.41, 5.74) is 2.38. The number of aromatic nitrogens is 3. The molecule has 0 fully saturated rings. The summed E-state index contributed by atoms with van der Waals surface area (Å²) in [7, 11) is 3.49.